The standard InChI is InChI=1S/C22H29N3O2/c1-26-20-11-17-19(12-21(20)27-2)24-18-8-4-7-16(18)22(17)23-14-9-10-25(13-14)15-5-3-6-15/h11-12,14-15H,3-10,13H2,1-2H3,(H,23,24)/t14-/m0/s1. The van der Waals surface area contributed by atoms with Gasteiger partial charge >= 0.3 is 0 Å². The van der Waals surface area contributed by atoms with Crippen molar-refractivity contribution in [3.8, 4) is 11.5 Å². The van der Waals surface area contributed by atoms with Gasteiger partial charge in [-0.2, -0.15) is 0 Å². The van der Waals surface area contributed by atoms with Crippen LogP contribution in [-0.4, -0.2) is 49.3 Å². The molecule has 0 bridgehead atoms. The van der Waals surface area contributed by atoms with Gasteiger partial charge in [0.15, 0.2) is 11.5 Å². The molecule has 5 nitrogen and oxygen atoms in total. The summed E-state index contributed by atoms with van der Waals surface area (Å²) in [6.07, 6.45) is 8.79. The van der Waals surface area contributed by atoms with Crippen molar-refractivity contribution >= 4 is 16.6 Å². The number of nitrogens with zero attached hydrogens (tertiary/aromatic N) is 2. The summed E-state index contributed by atoms with van der Waals surface area (Å²) >= 11 is 0. The van der Waals surface area contributed by atoms with Gasteiger partial charge in [-0.25, -0.2) is 0 Å². The van der Waals surface area contributed by atoms with E-state index in [4.69, 9.17) is 14.5 Å². The van der Waals surface area contributed by atoms with Gasteiger partial charge in [-0.1, -0.05) is 6.42 Å². The zero-order valence-corrected chi connectivity index (χ0v) is 16.4. The number of nitrogens with one attached hydrogen (secondary N) is 1. The summed E-state index contributed by atoms with van der Waals surface area (Å²) in [7, 11) is 3.38. The molecule has 1 atom stereocenters. The van der Waals surface area contributed by atoms with Crippen LogP contribution >= 0.6 is 0 Å². The fourth-order valence-electron chi connectivity index (χ4n) is 4.95. The number of fused-ring (bicyclic) bond motifs is 2. The number of hydrogen-bond donors (Lipinski definition) is 1. The maximum Gasteiger partial charge on any atom is 0.162 e. The number of rotatable bonds is 5. The fourth-order valence-corrected chi connectivity index (χ4v) is 4.95. The maximum absolute atomic E-state index is 5.57. The zero-order chi connectivity index (χ0) is 18.4. The van der Waals surface area contributed by atoms with Crippen LogP contribution in [0.15, 0.2) is 12.1 Å². The summed E-state index contributed by atoms with van der Waals surface area (Å²) in [6, 6.07) is 5.48. The summed E-state index contributed by atoms with van der Waals surface area (Å²) in [5, 5.41) is 5.09. The molecule has 1 aliphatic heterocycles. The van der Waals surface area contributed by atoms with Crippen LogP contribution in [-0.2, 0) is 12.8 Å². The van der Waals surface area contributed by atoms with E-state index in [2.05, 4.69) is 16.3 Å². The molecule has 2 fully saturated rings. The molecule has 1 saturated heterocycles. The number of likely N-dealkylation sites (tertiary alicyclic amines) is 1. The molecule has 0 radical (unpaired) electrons. The highest BCUT2D eigenvalue weighted by Gasteiger charge is 2.32. The molecule has 2 aliphatic carbocycles. The number of aryl methyl sites for hydroxylation is 1. The van der Waals surface area contributed by atoms with Gasteiger partial charge in [-0.3, -0.25) is 9.88 Å². The average Bonchev–Trinajstić information content (AvgIpc) is 3.28. The highest BCUT2D eigenvalue weighted by atomic mass is 16.5. The van der Waals surface area contributed by atoms with Gasteiger partial charge in [-0.05, 0) is 50.2 Å². The minimum absolute atomic E-state index is 0.522. The topological polar surface area (TPSA) is 46.6 Å². The van der Waals surface area contributed by atoms with Crippen molar-refractivity contribution in [2.45, 2.75) is 57.0 Å². The van der Waals surface area contributed by atoms with Crippen molar-refractivity contribution in [1.82, 2.24) is 9.88 Å². The molecule has 1 aromatic carbocycles. The number of benzene rings is 1. The quantitative estimate of drug-likeness (QED) is 0.871. The van der Waals surface area contributed by atoms with Crippen LogP contribution in [0, 0.1) is 0 Å². The molecule has 0 spiro atoms. The Balaban J connectivity index is 1.52. The van der Waals surface area contributed by atoms with E-state index in [0.29, 0.717) is 6.04 Å². The number of methoxy groups -OCH3 is 2. The molecule has 5 heteroatoms. The Morgan fingerprint density at radius 2 is 1.85 bits per heavy atom. The lowest BCUT2D eigenvalue weighted by Gasteiger charge is -2.34. The lowest BCUT2D eigenvalue weighted by molar-refractivity contribution is 0.158. The van der Waals surface area contributed by atoms with Crippen LogP contribution < -0.4 is 14.8 Å². The van der Waals surface area contributed by atoms with Crippen molar-refractivity contribution in [2.24, 2.45) is 0 Å². The second kappa shape index (κ2) is 6.86. The van der Waals surface area contributed by atoms with Crippen LogP contribution in [0.4, 0.5) is 5.69 Å². The van der Waals surface area contributed by atoms with E-state index >= 15 is 0 Å². The van der Waals surface area contributed by atoms with Crippen molar-refractivity contribution in [3.05, 3.63) is 23.4 Å². The molecule has 2 aromatic rings. The van der Waals surface area contributed by atoms with Gasteiger partial charge in [0.2, 0.25) is 0 Å². The molecule has 1 aromatic heterocycles. The summed E-state index contributed by atoms with van der Waals surface area (Å²) < 4.78 is 11.1. The zero-order valence-electron chi connectivity index (χ0n) is 16.4. The SMILES string of the molecule is COc1cc2nc3c(c(N[C@H]4CCN(C5CCC5)C4)c2cc1OC)CCC3. The Labute approximate surface area is 161 Å². The van der Waals surface area contributed by atoms with E-state index in [9.17, 15) is 0 Å². The number of ether oxygens (including phenoxy) is 2. The number of aromatic nitrogens is 1. The minimum Gasteiger partial charge on any atom is -0.493 e. The Morgan fingerprint density at radius 1 is 1.04 bits per heavy atom. The molecule has 5 rings (SSSR count). The van der Waals surface area contributed by atoms with Gasteiger partial charge < -0.3 is 14.8 Å². The fraction of sp³-hybridized carbons (Fsp3) is 0.591. The molecule has 1 saturated carbocycles. The third kappa shape index (κ3) is 2.92. The second-order valence-electron chi connectivity index (χ2n) is 8.20. The summed E-state index contributed by atoms with van der Waals surface area (Å²) in [5.41, 5.74) is 4.96. The molecule has 0 unspecified atom stereocenters. The van der Waals surface area contributed by atoms with Gasteiger partial charge in [-0.15, -0.1) is 0 Å². The number of pyridine rings is 1. The Bertz CT molecular complexity index is 862. The second-order valence-corrected chi connectivity index (χ2v) is 8.20. The summed E-state index contributed by atoms with van der Waals surface area (Å²) in [4.78, 5) is 7.64. The Kier molecular flexibility index (Phi) is 4.35. The highest BCUT2D eigenvalue weighted by molar-refractivity contribution is 5.96. The first kappa shape index (κ1) is 17.1. The molecule has 2 heterocycles. The van der Waals surface area contributed by atoms with Crippen molar-refractivity contribution in [3.63, 3.8) is 0 Å². The predicted molar refractivity (Wildman–Crippen MR) is 108 cm³/mol. The third-order valence-electron chi connectivity index (χ3n) is 6.68. The number of hydrogen-bond acceptors (Lipinski definition) is 5. The van der Waals surface area contributed by atoms with Crippen LogP contribution in [0.3, 0.4) is 0 Å². The van der Waals surface area contributed by atoms with E-state index < -0.39 is 0 Å². The van der Waals surface area contributed by atoms with E-state index in [1.54, 1.807) is 14.2 Å². The minimum atomic E-state index is 0.522. The van der Waals surface area contributed by atoms with E-state index in [1.165, 1.54) is 55.6 Å². The first-order chi connectivity index (χ1) is 13.3. The highest BCUT2D eigenvalue weighted by Crippen LogP contribution is 2.40. The normalized spacial score (nSPS) is 22.7. The average molecular weight is 367 g/mol. The van der Waals surface area contributed by atoms with Crippen molar-refractivity contribution in [2.75, 3.05) is 32.6 Å². The molecule has 144 valence electrons. The van der Waals surface area contributed by atoms with Crippen LogP contribution in [0.25, 0.3) is 10.9 Å². The smallest absolute Gasteiger partial charge is 0.162 e. The first-order valence-electron chi connectivity index (χ1n) is 10.3. The Morgan fingerprint density at radius 3 is 2.59 bits per heavy atom. The van der Waals surface area contributed by atoms with Crippen molar-refractivity contribution in [1.29, 1.82) is 0 Å². The van der Waals surface area contributed by atoms with Crippen LogP contribution in [0.5, 0.6) is 11.5 Å². The molecule has 27 heavy (non-hydrogen) atoms. The first-order valence-corrected chi connectivity index (χ1v) is 10.3. The van der Waals surface area contributed by atoms with Gasteiger partial charge in [0, 0.05) is 48.0 Å². The van der Waals surface area contributed by atoms with Crippen molar-refractivity contribution < 1.29 is 9.47 Å². The largest absolute Gasteiger partial charge is 0.493 e. The lowest BCUT2D eigenvalue weighted by atomic mass is 9.92. The predicted octanol–water partition coefficient (Wildman–Crippen LogP) is 3.78. The van der Waals surface area contributed by atoms with Gasteiger partial charge in [0.25, 0.3) is 0 Å². The van der Waals surface area contributed by atoms with Crippen LogP contribution in [0.2, 0.25) is 0 Å². The van der Waals surface area contributed by atoms with Gasteiger partial charge in [0.05, 0.1) is 19.7 Å². The van der Waals surface area contributed by atoms with E-state index in [1.807, 2.05) is 6.07 Å². The Hall–Kier alpha value is -2.01. The lowest BCUT2D eigenvalue weighted by Crippen LogP contribution is -2.39. The molecule has 1 N–H and O–H groups in total. The van der Waals surface area contributed by atoms with Crippen LogP contribution in [0.1, 0.15) is 43.4 Å². The monoisotopic (exact) mass is 367 g/mol. The third-order valence-corrected chi connectivity index (χ3v) is 6.68. The molecule has 0 amide bonds. The van der Waals surface area contributed by atoms with E-state index in [-0.39, 0.29) is 0 Å². The molecular formula is C22H29N3O2. The molecule has 3 aliphatic rings. The molecular weight excluding hydrogens is 338 g/mol. The maximum atomic E-state index is 5.57. The van der Waals surface area contributed by atoms with E-state index in [0.717, 1.165) is 47.8 Å². The number of anilines is 1. The van der Waals surface area contributed by atoms with Gasteiger partial charge in [0.1, 0.15) is 0 Å². The summed E-state index contributed by atoms with van der Waals surface area (Å²) in [5.74, 6) is 1.52. The summed E-state index contributed by atoms with van der Waals surface area (Å²) in [6.45, 7) is 2.39.